The third-order valence-corrected chi connectivity index (χ3v) is 5.74. The number of aliphatic hydroxyl groups excluding tert-OH is 1. The Hall–Kier alpha value is -3.65. The van der Waals surface area contributed by atoms with E-state index in [1.54, 1.807) is 42.5 Å². The van der Waals surface area contributed by atoms with Gasteiger partial charge in [-0.1, -0.05) is 26.0 Å². The van der Waals surface area contributed by atoms with E-state index in [1.165, 1.54) is 18.9 Å². The molecule has 1 aliphatic heterocycles. The Bertz CT molecular complexity index is 1130. The van der Waals surface area contributed by atoms with Crippen molar-refractivity contribution in [2.24, 2.45) is 0 Å². The molecule has 2 aromatic carbocycles. The average molecular weight is 482 g/mol. The van der Waals surface area contributed by atoms with Crippen molar-refractivity contribution in [2.75, 3.05) is 26.9 Å². The molecule has 1 saturated heterocycles. The maximum atomic E-state index is 13.1. The summed E-state index contributed by atoms with van der Waals surface area (Å²) in [6, 6.07) is 10.9. The number of hydrogen-bond donors (Lipinski definition) is 1. The average Bonchev–Trinajstić information content (AvgIpc) is 3.07. The number of ketones is 1. The molecule has 1 N–H and O–H groups in total. The number of methoxy groups -OCH3 is 1. The van der Waals surface area contributed by atoms with Crippen molar-refractivity contribution in [3.05, 3.63) is 64.7 Å². The second kappa shape index (κ2) is 11.2. The number of aliphatic hydroxyl groups is 1. The van der Waals surface area contributed by atoms with E-state index in [0.29, 0.717) is 29.2 Å². The van der Waals surface area contributed by atoms with Gasteiger partial charge in [0.1, 0.15) is 17.3 Å². The lowest BCUT2D eigenvalue weighted by molar-refractivity contribution is -0.140. The molecule has 0 spiro atoms. The van der Waals surface area contributed by atoms with Gasteiger partial charge >= 0.3 is 5.97 Å². The highest BCUT2D eigenvalue weighted by Crippen LogP contribution is 2.40. The van der Waals surface area contributed by atoms with Gasteiger partial charge < -0.3 is 24.2 Å². The van der Waals surface area contributed by atoms with E-state index >= 15 is 0 Å². The lowest BCUT2D eigenvalue weighted by Gasteiger charge is -2.25. The van der Waals surface area contributed by atoms with E-state index in [-0.39, 0.29) is 30.4 Å². The lowest BCUT2D eigenvalue weighted by Crippen LogP contribution is -2.32. The van der Waals surface area contributed by atoms with Gasteiger partial charge in [-0.2, -0.15) is 0 Å². The Labute approximate surface area is 205 Å². The minimum atomic E-state index is -0.828. The van der Waals surface area contributed by atoms with E-state index in [4.69, 9.17) is 14.2 Å². The SMILES string of the molecule is CCOc1ccc(/C(O)=C2/C(=O)C(=O)N(CCOC)C2c2ccc(OC(C)=O)cc2)cc1C(C)C. The fourth-order valence-electron chi connectivity index (χ4n) is 4.12. The van der Waals surface area contributed by atoms with Gasteiger partial charge in [-0.3, -0.25) is 14.4 Å². The standard InChI is InChI=1S/C27H31NO7/c1-6-34-22-12-9-19(15-21(22)16(2)3)25(30)23-24(28(13-14-33-5)27(32)26(23)31)18-7-10-20(11-8-18)35-17(4)29/h7-12,15-16,24,30H,6,13-14H2,1-5H3/b25-23-. The normalized spacial score (nSPS) is 17.2. The number of likely N-dealkylation sites (tertiary alicyclic amines) is 1. The van der Waals surface area contributed by atoms with Crippen LogP contribution in [0.1, 0.15) is 56.3 Å². The van der Waals surface area contributed by atoms with Crippen LogP contribution in [0.25, 0.3) is 5.76 Å². The molecule has 1 heterocycles. The number of Topliss-reactive ketones (excluding diaryl/α,β-unsaturated/α-hetero) is 1. The minimum Gasteiger partial charge on any atom is -0.507 e. The summed E-state index contributed by atoms with van der Waals surface area (Å²) < 4.78 is 15.9. The Kier molecular flexibility index (Phi) is 8.30. The van der Waals surface area contributed by atoms with Crippen LogP contribution in [0.2, 0.25) is 0 Å². The third-order valence-electron chi connectivity index (χ3n) is 5.74. The van der Waals surface area contributed by atoms with E-state index in [0.717, 1.165) is 5.56 Å². The molecular weight excluding hydrogens is 450 g/mol. The molecular formula is C27H31NO7. The highest BCUT2D eigenvalue weighted by Gasteiger charge is 2.46. The molecule has 186 valence electrons. The Balaban J connectivity index is 2.14. The fraction of sp³-hybridized carbons (Fsp3) is 0.370. The number of esters is 1. The minimum absolute atomic E-state index is 0.00907. The van der Waals surface area contributed by atoms with Crippen molar-refractivity contribution < 1.29 is 33.7 Å². The van der Waals surface area contributed by atoms with Gasteiger partial charge in [-0.25, -0.2) is 0 Å². The maximum absolute atomic E-state index is 13.1. The molecule has 0 bridgehead atoms. The summed E-state index contributed by atoms with van der Waals surface area (Å²) >= 11 is 0. The number of ether oxygens (including phenoxy) is 3. The molecule has 0 radical (unpaired) electrons. The number of carbonyl (C=O) groups excluding carboxylic acids is 3. The molecule has 1 fully saturated rings. The predicted octanol–water partition coefficient (Wildman–Crippen LogP) is 4.20. The summed E-state index contributed by atoms with van der Waals surface area (Å²) in [6.07, 6.45) is 0. The molecule has 0 saturated carbocycles. The van der Waals surface area contributed by atoms with Crippen LogP contribution in [0.15, 0.2) is 48.0 Å². The molecule has 1 aliphatic rings. The van der Waals surface area contributed by atoms with Gasteiger partial charge in [0.15, 0.2) is 0 Å². The molecule has 8 nitrogen and oxygen atoms in total. The molecule has 2 aromatic rings. The largest absolute Gasteiger partial charge is 0.507 e. The summed E-state index contributed by atoms with van der Waals surface area (Å²) in [6.45, 7) is 8.09. The maximum Gasteiger partial charge on any atom is 0.308 e. The van der Waals surface area contributed by atoms with E-state index in [2.05, 4.69) is 0 Å². The monoisotopic (exact) mass is 481 g/mol. The molecule has 35 heavy (non-hydrogen) atoms. The van der Waals surface area contributed by atoms with Gasteiger partial charge in [0.05, 0.1) is 24.8 Å². The first-order valence-electron chi connectivity index (χ1n) is 11.5. The first-order chi connectivity index (χ1) is 16.7. The summed E-state index contributed by atoms with van der Waals surface area (Å²) in [5, 5.41) is 11.3. The van der Waals surface area contributed by atoms with Crippen molar-refractivity contribution in [1.82, 2.24) is 4.90 Å². The first kappa shape index (κ1) is 26.0. The topological polar surface area (TPSA) is 102 Å². The number of hydrogen-bond acceptors (Lipinski definition) is 7. The highest BCUT2D eigenvalue weighted by atomic mass is 16.5. The van der Waals surface area contributed by atoms with Gasteiger partial charge in [-0.15, -0.1) is 0 Å². The zero-order valence-electron chi connectivity index (χ0n) is 20.7. The number of benzene rings is 2. The number of nitrogens with zero attached hydrogens (tertiary/aromatic N) is 1. The van der Waals surface area contributed by atoms with Gasteiger partial charge in [0, 0.05) is 26.1 Å². The molecule has 1 atom stereocenters. The van der Waals surface area contributed by atoms with E-state index < -0.39 is 23.7 Å². The van der Waals surface area contributed by atoms with Crippen LogP contribution >= 0.6 is 0 Å². The van der Waals surface area contributed by atoms with Crippen LogP contribution in [0.5, 0.6) is 11.5 Å². The zero-order chi connectivity index (χ0) is 25.7. The number of rotatable bonds is 9. The molecule has 3 rings (SSSR count). The second-order valence-electron chi connectivity index (χ2n) is 8.49. The lowest BCUT2D eigenvalue weighted by atomic mass is 9.93. The molecule has 1 unspecified atom stereocenters. The smallest absolute Gasteiger partial charge is 0.308 e. The van der Waals surface area contributed by atoms with E-state index in [9.17, 15) is 19.5 Å². The van der Waals surface area contributed by atoms with Crippen LogP contribution in [0.4, 0.5) is 0 Å². The number of amides is 1. The van der Waals surface area contributed by atoms with Gasteiger partial charge in [-0.05, 0) is 54.3 Å². The van der Waals surface area contributed by atoms with Crippen LogP contribution in [0, 0.1) is 0 Å². The zero-order valence-corrected chi connectivity index (χ0v) is 20.7. The second-order valence-corrected chi connectivity index (χ2v) is 8.49. The van der Waals surface area contributed by atoms with Crippen LogP contribution in [-0.2, 0) is 19.1 Å². The Morgan fingerprint density at radius 1 is 1.11 bits per heavy atom. The van der Waals surface area contributed by atoms with Gasteiger partial charge in [0.25, 0.3) is 11.7 Å². The quantitative estimate of drug-likeness (QED) is 0.188. The van der Waals surface area contributed by atoms with Gasteiger partial charge in [0.2, 0.25) is 0 Å². The first-order valence-corrected chi connectivity index (χ1v) is 11.5. The Morgan fingerprint density at radius 3 is 2.37 bits per heavy atom. The van der Waals surface area contributed by atoms with Crippen molar-refractivity contribution >= 4 is 23.4 Å². The van der Waals surface area contributed by atoms with Crippen molar-refractivity contribution in [2.45, 2.75) is 39.7 Å². The highest BCUT2D eigenvalue weighted by molar-refractivity contribution is 6.46. The van der Waals surface area contributed by atoms with Crippen molar-refractivity contribution in [3.63, 3.8) is 0 Å². The summed E-state index contributed by atoms with van der Waals surface area (Å²) in [7, 11) is 1.51. The molecule has 0 aliphatic carbocycles. The molecule has 0 aromatic heterocycles. The predicted molar refractivity (Wildman–Crippen MR) is 130 cm³/mol. The molecule has 1 amide bonds. The van der Waals surface area contributed by atoms with Crippen LogP contribution in [-0.4, -0.2) is 54.5 Å². The van der Waals surface area contributed by atoms with Crippen molar-refractivity contribution in [1.29, 1.82) is 0 Å². The fourth-order valence-corrected chi connectivity index (χ4v) is 4.12. The third kappa shape index (κ3) is 5.54. The van der Waals surface area contributed by atoms with Crippen LogP contribution < -0.4 is 9.47 Å². The summed E-state index contributed by atoms with van der Waals surface area (Å²) in [5.41, 5.74) is 1.88. The van der Waals surface area contributed by atoms with E-state index in [1.807, 2.05) is 20.8 Å². The Morgan fingerprint density at radius 2 is 1.80 bits per heavy atom. The summed E-state index contributed by atoms with van der Waals surface area (Å²) in [5.74, 6) is -1.05. The number of carbonyl (C=O) groups is 3. The van der Waals surface area contributed by atoms with Crippen LogP contribution in [0.3, 0.4) is 0 Å². The molecule has 8 heteroatoms. The van der Waals surface area contributed by atoms with Crippen molar-refractivity contribution in [3.8, 4) is 11.5 Å². The summed E-state index contributed by atoms with van der Waals surface area (Å²) in [4.78, 5) is 38.7.